The molecule has 2 N–H and O–H groups in total. The molecule has 4 rings (SSSR count). The third-order valence-electron chi connectivity index (χ3n) is 6.21. The predicted molar refractivity (Wildman–Crippen MR) is 141 cm³/mol. The molecule has 2 aromatic carbocycles. The predicted octanol–water partition coefficient (Wildman–Crippen LogP) is 4.98. The number of nitrogens with one attached hydrogen (secondary N) is 1. The van der Waals surface area contributed by atoms with Crippen molar-refractivity contribution in [2.24, 2.45) is 0 Å². The summed E-state index contributed by atoms with van der Waals surface area (Å²) in [4.78, 5) is 17.7. The molecule has 0 bridgehead atoms. The molecule has 1 aliphatic rings. The largest absolute Gasteiger partial charge is 0.489 e. The number of ether oxygens (including phenoxy) is 2. The van der Waals surface area contributed by atoms with Crippen LogP contribution in [0, 0.1) is 0 Å². The van der Waals surface area contributed by atoms with E-state index in [0.717, 1.165) is 29.2 Å². The lowest BCUT2D eigenvalue weighted by atomic mass is 10.0. The minimum absolute atomic E-state index is 0.0117. The highest BCUT2D eigenvalue weighted by molar-refractivity contribution is 6.32. The summed E-state index contributed by atoms with van der Waals surface area (Å²) < 4.78 is 13.7. The summed E-state index contributed by atoms with van der Waals surface area (Å²) in [6.45, 7) is 9.36. The van der Waals surface area contributed by atoms with E-state index >= 15 is 0 Å². The van der Waals surface area contributed by atoms with Crippen LogP contribution in [0.3, 0.4) is 0 Å². The molecule has 0 radical (unpaired) electrons. The number of halogens is 1. The van der Waals surface area contributed by atoms with Gasteiger partial charge >= 0.3 is 0 Å². The van der Waals surface area contributed by atoms with Crippen LogP contribution in [0.5, 0.6) is 5.75 Å². The first kappa shape index (κ1) is 26.2. The number of aromatic nitrogens is 2. The smallest absolute Gasteiger partial charge is 0.251 e. The van der Waals surface area contributed by atoms with Gasteiger partial charge in [0.2, 0.25) is 0 Å². The van der Waals surface area contributed by atoms with Crippen molar-refractivity contribution in [3.05, 3.63) is 70.6 Å². The van der Waals surface area contributed by atoms with Crippen LogP contribution in [-0.4, -0.2) is 45.9 Å². The van der Waals surface area contributed by atoms with Gasteiger partial charge in [-0.05, 0) is 64.3 Å². The van der Waals surface area contributed by atoms with Crippen LogP contribution in [0.15, 0.2) is 48.7 Å². The molecule has 1 atom stereocenters. The number of aliphatic hydroxyl groups excluding tert-OH is 1. The lowest BCUT2D eigenvalue weighted by Gasteiger charge is -2.30. The van der Waals surface area contributed by atoms with Gasteiger partial charge in [0, 0.05) is 36.5 Å². The fraction of sp³-hybridized carbons (Fsp3) is 0.429. The van der Waals surface area contributed by atoms with Crippen LogP contribution in [0.25, 0.3) is 11.3 Å². The van der Waals surface area contributed by atoms with Gasteiger partial charge in [0.15, 0.2) is 0 Å². The van der Waals surface area contributed by atoms with Crippen LogP contribution in [0.2, 0.25) is 5.02 Å². The van der Waals surface area contributed by atoms with Gasteiger partial charge in [-0.2, -0.15) is 0 Å². The summed E-state index contributed by atoms with van der Waals surface area (Å²) in [6, 6.07) is 13.0. The number of amides is 1. The molecule has 2 heterocycles. The van der Waals surface area contributed by atoms with Crippen molar-refractivity contribution in [2.45, 2.75) is 64.8 Å². The van der Waals surface area contributed by atoms with E-state index in [9.17, 15) is 9.90 Å². The topological polar surface area (TPSA) is 85.6 Å². The van der Waals surface area contributed by atoms with E-state index < -0.39 is 5.60 Å². The standard InChI is InChI=1S/C28H34ClN3O4/c1-18(2)36-25-10-9-21(16-23(25)29)26(34)30-22(11-13-33)15-19-5-7-20(8-6-19)24-17-32-12-14-35-28(3,4)27(32)31-24/h5-10,16-18,22,33H,11-15H2,1-4H3,(H,30,34). The van der Waals surface area contributed by atoms with Crippen molar-refractivity contribution in [3.63, 3.8) is 0 Å². The van der Waals surface area contributed by atoms with Gasteiger partial charge in [-0.15, -0.1) is 0 Å². The molecular weight excluding hydrogens is 478 g/mol. The first-order valence-electron chi connectivity index (χ1n) is 12.3. The Hall–Kier alpha value is -2.87. The quantitative estimate of drug-likeness (QED) is 0.423. The molecule has 1 amide bonds. The summed E-state index contributed by atoms with van der Waals surface area (Å²) in [6.07, 6.45) is 3.10. The maximum atomic E-state index is 12.9. The van der Waals surface area contributed by atoms with E-state index in [1.54, 1.807) is 18.2 Å². The van der Waals surface area contributed by atoms with Crippen LogP contribution < -0.4 is 10.1 Å². The maximum Gasteiger partial charge on any atom is 0.251 e. The molecule has 0 fully saturated rings. The zero-order valence-electron chi connectivity index (χ0n) is 21.3. The third-order valence-corrected chi connectivity index (χ3v) is 6.51. The molecule has 8 heteroatoms. The Morgan fingerprint density at radius 1 is 1.25 bits per heavy atom. The summed E-state index contributed by atoms with van der Waals surface area (Å²) in [5.41, 5.74) is 3.04. The molecule has 0 saturated heterocycles. The highest BCUT2D eigenvalue weighted by Gasteiger charge is 2.31. The van der Waals surface area contributed by atoms with Crippen molar-refractivity contribution in [2.75, 3.05) is 13.2 Å². The first-order valence-corrected chi connectivity index (χ1v) is 12.7. The molecule has 192 valence electrons. The Morgan fingerprint density at radius 3 is 2.64 bits per heavy atom. The van der Waals surface area contributed by atoms with Crippen LogP contribution >= 0.6 is 11.6 Å². The van der Waals surface area contributed by atoms with Crippen molar-refractivity contribution in [1.29, 1.82) is 0 Å². The Kier molecular flexibility index (Phi) is 8.03. The van der Waals surface area contributed by atoms with Gasteiger partial charge in [-0.25, -0.2) is 4.98 Å². The number of hydrogen-bond acceptors (Lipinski definition) is 5. The highest BCUT2D eigenvalue weighted by Crippen LogP contribution is 2.31. The molecule has 1 aromatic heterocycles. The fourth-order valence-electron chi connectivity index (χ4n) is 4.41. The van der Waals surface area contributed by atoms with Crippen LogP contribution in [0.4, 0.5) is 0 Å². The minimum atomic E-state index is -0.405. The van der Waals surface area contributed by atoms with Crippen LogP contribution in [0.1, 0.15) is 55.9 Å². The number of imidazole rings is 1. The lowest BCUT2D eigenvalue weighted by molar-refractivity contribution is -0.0538. The van der Waals surface area contributed by atoms with E-state index in [1.807, 2.05) is 52.0 Å². The van der Waals surface area contributed by atoms with Gasteiger partial charge in [0.1, 0.15) is 17.2 Å². The average molecular weight is 512 g/mol. The Labute approximate surface area is 217 Å². The minimum Gasteiger partial charge on any atom is -0.489 e. The fourth-order valence-corrected chi connectivity index (χ4v) is 4.63. The Balaban J connectivity index is 1.43. The Bertz CT molecular complexity index is 1200. The second-order valence-corrected chi connectivity index (χ2v) is 10.3. The molecule has 36 heavy (non-hydrogen) atoms. The second-order valence-electron chi connectivity index (χ2n) is 9.90. The van der Waals surface area contributed by atoms with Gasteiger partial charge in [0.25, 0.3) is 5.91 Å². The molecule has 3 aromatic rings. The van der Waals surface area contributed by atoms with Crippen LogP contribution in [-0.2, 0) is 23.3 Å². The molecule has 0 saturated carbocycles. The molecular formula is C28H34ClN3O4. The van der Waals surface area contributed by atoms with E-state index in [-0.39, 0.29) is 24.7 Å². The molecule has 1 unspecified atom stereocenters. The summed E-state index contributed by atoms with van der Waals surface area (Å²) in [5.74, 6) is 1.24. The molecule has 0 aliphatic carbocycles. The number of carbonyl (C=O) groups is 1. The van der Waals surface area contributed by atoms with Crippen molar-refractivity contribution >= 4 is 17.5 Å². The van der Waals surface area contributed by atoms with Crippen molar-refractivity contribution < 1.29 is 19.4 Å². The maximum absolute atomic E-state index is 12.9. The zero-order chi connectivity index (χ0) is 25.9. The lowest BCUT2D eigenvalue weighted by Crippen LogP contribution is -2.37. The summed E-state index contributed by atoms with van der Waals surface area (Å²) in [5, 5.41) is 13.0. The average Bonchev–Trinajstić information content (AvgIpc) is 3.27. The highest BCUT2D eigenvalue weighted by atomic mass is 35.5. The van der Waals surface area contributed by atoms with E-state index in [1.165, 1.54) is 0 Å². The van der Waals surface area contributed by atoms with E-state index in [2.05, 4.69) is 16.1 Å². The summed E-state index contributed by atoms with van der Waals surface area (Å²) in [7, 11) is 0. The number of hydrogen-bond donors (Lipinski definition) is 2. The van der Waals surface area contributed by atoms with Crippen molar-refractivity contribution in [3.8, 4) is 17.0 Å². The molecule has 0 spiro atoms. The van der Waals surface area contributed by atoms with Crippen molar-refractivity contribution in [1.82, 2.24) is 14.9 Å². The summed E-state index contributed by atoms with van der Waals surface area (Å²) >= 11 is 6.30. The normalized spacial score (nSPS) is 15.4. The zero-order valence-corrected chi connectivity index (χ0v) is 22.0. The first-order chi connectivity index (χ1) is 17.2. The van der Waals surface area contributed by atoms with Gasteiger partial charge in [-0.3, -0.25) is 4.79 Å². The number of aliphatic hydroxyl groups is 1. The number of rotatable bonds is 9. The number of carbonyl (C=O) groups excluding carboxylic acids is 1. The van der Waals surface area contributed by atoms with E-state index in [0.29, 0.717) is 35.8 Å². The Morgan fingerprint density at radius 2 is 2.00 bits per heavy atom. The number of nitrogens with zero attached hydrogens (tertiary/aromatic N) is 2. The molecule has 7 nitrogen and oxygen atoms in total. The monoisotopic (exact) mass is 511 g/mol. The number of benzene rings is 2. The second kappa shape index (κ2) is 11.0. The van der Waals surface area contributed by atoms with Gasteiger partial charge in [-0.1, -0.05) is 35.9 Å². The number of fused-ring (bicyclic) bond motifs is 1. The SMILES string of the molecule is CC(C)Oc1ccc(C(=O)NC(CCO)Cc2ccc(-c3cn4c(n3)C(C)(C)OCC4)cc2)cc1Cl. The van der Waals surface area contributed by atoms with E-state index in [4.69, 9.17) is 26.1 Å². The van der Waals surface area contributed by atoms with Gasteiger partial charge in [0.05, 0.1) is 23.4 Å². The van der Waals surface area contributed by atoms with Gasteiger partial charge < -0.3 is 24.5 Å². The third kappa shape index (κ3) is 6.09. The molecule has 1 aliphatic heterocycles.